The first-order valence-corrected chi connectivity index (χ1v) is 6.66. The normalized spacial score (nSPS) is 14.6. The van der Waals surface area contributed by atoms with Crippen LogP contribution in [0.25, 0.3) is 0 Å². The average molecular weight is 234 g/mol. The second-order valence-electron chi connectivity index (χ2n) is 3.40. The summed E-state index contributed by atoms with van der Waals surface area (Å²) in [7, 11) is -3.64. The molecule has 0 aliphatic heterocycles. The van der Waals surface area contributed by atoms with Crippen molar-refractivity contribution in [3.05, 3.63) is 22.4 Å². The van der Waals surface area contributed by atoms with Gasteiger partial charge in [0.25, 0.3) is 10.2 Å². The van der Waals surface area contributed by atoms with E-state index in [4.69, 9.17) is 5.14 Å². The Morgan fingerprint density at radius 3 is 2.50 bits per heavy atom. The topological polar surface area (TPSA) is 72.2 Å². The summed E-state index contributed by atoms with van der Waals surface area (Å²) in [5, 5.41) is 6.86. The monoisotopic (exact) mass is 234 g/mol. The summed E-state index contributed by atoms with van der Waals surface area (Å²) in [4.78, 5) is 0.981. The van der Waals surface area contributed by atoms with Crippen molar-refractivity contribution in [2.24, 2.45) is 11.1 Å². The smallest absolute Gasteiger partial charge is 0.216 e. The van der Waals surface area contributed by atoms with E-state index < -0.39 is 10.2 Å². The van der Waals surface area contributed by atoms with Crippen molar-refractivity contribution in [1.29, 1.82) is 0 Å². The second-order valence-corrected chi connectivity index (χ2v) is 5.70. The molecule has 0 radical (unpaired) electrons. The van der Waals surface area contributed by atoms with Crippen LogP contribution >= 0.6 is 11.3 Å². The Hall–Kier alpha value is -0.430. The van der Waals surface area contributed by atoms with Crippen molar-refractivity contribution >= 4 is 21.5 Å². The molecule has 1 atom stereocenters. The van der Waals surface area contributed by atoms with Crippen LogP contribution in [-0.4, -0.2) is 8.42 Å². The van der Waals surface area contributed by atoms with Gasteiger partial charge in [0.15, 0.2) is 0 Å². The maximum absolute atomic E-state index is 10.9. The number of nitrogens with one attached hydrogen (secondary N) is 1. The van der Waals surface area contributed by atoms with Gasteiger partial charge in [-0.05, 0) is 17.4 Å². The second kappa shape index (κ2) is 4.39. The van der Waals surface area contributed by atoms with E-state index in [1.165, 1.54) is 11.3 Å². The molecule has 3 N–H and O–H groups in total. The van der Waals surface area contributed by atoms with E-state index in [1.807, 2.05) is 31.4 Å². The highest BCUT2D eigenvalue weighted by atomic mass is 32.2. The molecule has 0 spiro atoms. The van der Waals surface area contributed by atoms with Gasteiger partial charge in [0.2, 0.25) is 0 Å². The molecular weight excluding hydrogens is 220 g/mol. The Morgan fingerprint density at radius 2 is 2.14 bits per heavy atom. The maximum Gasteiger partial charge on any atom is 0.274 e. The molecule has 0 aliphatic rings. The Morgan fingerprint density at radius 1 is 1.50 bits per heavy atom. The summed E-state index contributed by atoms with van der Waals surface area (Å²) in [6.07, 6.45) is 0. The fraction of sp³-hybridized carbons (Fsp3) is 0.500. The first kappa shape index (κ1) is 11.6. The Balaban J connectivity index is 2.87. The molecule has 1 unspecified atom stereocenters. The standard InChI is InChI=1S/C8H14N2O2S2/c1-6(2)8(10-14(9,11)12)7-4-3-5-13-7/h3-6,8,10H,1-2H3,(H2,9,11,12). The molecule has 0 aliphatic carbocycles. The van der Waals surface area contributed by atoms with E-state index in [2.05, 4.69) is 4.72 Å². The van der Waals surface area contributed by atoms with Gasteiger partial charge in [0, 0.05) is 4.88 Å². The fourth-order valence-electron chi connectivity index (χ4n) is 1.17. The van der Waals surface area contributed by atoms with E-state index in [0.29, 0.717) is 0 Å². The molecule has 1 heterocycles. The van der Waals surface area contributed by atoms with Crippen LogP contribution in [0.15, 0.2) is 17.5 Å². The van der Waals surface area contributed by atoms with Gasteiger partial charge in [0.1, 0.15) is 0 Å². The van der Waals surface area contributed by atoms with Crippen molar-refractivity contribution in [2.75, 3.05) is 0 Å². The SMILES string of the molecule is CC(C)C(NS(N)(=O)=O)c1cccs1. The molecule has 1 aromatic heterocycles. The lowest BCUT2D eigenvalue weighted by molar-refractivity contribution is 0.469. The molecule has 0 aromatic carbocycles. The molecule has 4 nitrogen and oxygen atoms in total. The molecule has 0 amide bonds. The largest absolute Gasteiger partial charge is 0.274 e. The molecule has 0 saturated heterocycles. The number of rotatable bonds is 4. The lowest BCUT2D eigenvalue weighted by Crippen LogP contribution is -2.36. The minimum Gasteiger partial charge on any atom is -0.216 e. The summed E-state index contributed by atoms with van der Waals surface area (Å²) < 4.78 is 24.2. The van der Waals surface area contributed by atoms with Crippen LogP contribution in [0.1, 0.15) is 24.8 Å². The molecule has 0 fully saturated rings. The van der Waals surface area contributed by atoms with Crippen molar-refractivity contribution in [2.45, 2.75) is 19.9 Å². The van der Waals surface area contributed by atoms with Crippen LogP contribution < -0.4 is 9.86 Å². The zero-order chi connectivity index (χ0) is 10.8. The minimum absolute atomic E-state index is 0.173. The fourth-order valence-corrected chi connectivity index (χ4v) is 2.94. The third kappa shape index (κ3) is 3.38. The number of hydrogen-bond donors (Lipinski definition) is 2. The Labute approximate surface area is 88.3 Å². The molecule has 0 saturated carbocycles. The molecule has 6 heteroatoms. The van der Waals surface area contributed by atoms with Gasteiger partial charge in [-0.2, -0.15) is 13.1 Å². The van der Waals surface area contributed by atoms with E-state index in [1.54, 1.807) is 0 Å². The van der Waals surface area contributed by atoms with E-state index in [0.717, 1.165) is 4.88 Å². The predicted molar refractivity (Wildman–Crippen MR) is 58.1 cm³/mol. The van der Waals surface area contributed by atoms with Gasteiger partial charge in [0.05, 0.1) is 6.04 Å². The first-order valence-electron chi connectivity index (χ1n) is 4.23. The van der Waals surface area contributed by atoms with E-state index >= 15 is 0 Å². The highest BCUT2D eigenvalue weighted by molar-refractivity contribution is 7.87. The van der Waals surface area contributed by atoms with Crippen molar-refractivity contribution in [3.8, 4) is 0 Å². The summed E-state index contributed by atoms with van der Waals surface area (Å²) in [6.45, 7) is 3.89. The van der Waals surface area contributed by atoms with E-state index in [-0.39, 0.29) is 12.0 Å². The molecule has 1 rings (SSSR count). The van der Waals surface area contributed by atoms with Gasteiger partial charge in [-0.3, -0.25) is 0 Å². The van der Waals surface area contributed by atoms with Crippen LogP contribution in [0, 0.1) is 5.92 Å². The summed E-state index contributed by atoms with van der Waals surface area (Å²) >= 11 is 1.52. The third-order valence-electron chi connectivity index (χ3n) is 1.81. The average Bonchev–Trinajstić information content (AvgIpc) is 2.49. The lowest BCUT2D eigenvalue weighted by Gasteiger charge is -2.19. The predicted octanol–water partition coefficient (Wildman–Crippen LogP) is 1.24. The first-order chi connectivity index (χ1) is 6.40. The maximum atomic E-state index is 10.9. The molecule has 0 bridgehead atoms. The Bertz CT molecular complexity index is 370. The van der Waals surface area contributed by atoms with Gasteiger partial charge in [-0.25, -0.2) is 5.14 Å². The van der Waals surface area contributed by atoms with Gasteiger partial charge in [-0.1, -0.05) is 19.9 Å². The van der Waals surface area contributed by atoms with Gasteiger partial charge < -0.3 is 0 Å². The number of nitrogens with two attached hydrogens (primary N) is 1. The van der Waals surface area contributed by atoms with Crippen molar-refractivity contribution in [3.63, 3.8) is 0 Å². The Kier molecular flexibility index (Phi) is 3.65. The third-order valence-corrected chi connectivity index (χ3v) is 3.35. The molecule has 1 aromatic rings. The summed E-state index contributed by atoms with van der Waals surface area (Å²) in [5.41, 5.74) is 0. The molecular formula is C8H14N2O2S2. The quantitative estimate of drug-likeness (QED) is 0.822. The van der Waals surface area contributed by atoms with Gasteiger partial charge in [-0.15, -0.1) is 11.3 Å². The van der Waals surface area contributed by atoms with Crippen LogP contribution in [0.2, 0.25) is 0 Å². The lowest BCUT2D eigenvalue weighted by atomic mass is 10.0. The van der Waals surface area contributed by atoms with Gasteiger partial charge >= 0.3 is 0 Å². The van der Waals surface area contributed by atoms with Crippen molar-refractivity contribution in [1.82, 2.24) is 4.72 Å². The van der Waals surface area contributed by atoms with Crippen molar-refractivity contribution < 1.29 is 8.42 Å². The zero-order valence-corrected chi connectivity index (χ0v) is 9.73. The van der Waals surface area contributed by atoms with Crippen LogP contribution in [-0.2, 0) is 10.2 Å². The summed E-state index contributed by atoms with van der Waals surface area (Å²) in [5.74, 6) is 0.173. The number of thiophene rings is 1. The zero-order valence-electron chi connectivity index (χ0n) is 8.10. The summed E-state index contributed by atoms with van der Waals surface area (Å²) in [6, 6.07) is 3.55. The van der Waals surface area contributed by atoms with Crippen LogP contribution in [0.5, 0.6) is 0 Å². The molecule has 14 heavy (non-hydrogen) atoms. The highest BCUT2D eigenvalue weighted by Crippen LogP contribution is 2.25. The van der Waals surface area contributed by atoms with Crippen LogP contribution in [0.4, 0.5) is 0 Å². The number of hydrogen-bond acceptors (Lipinski definition) is 3. The minimum atomic E-state index is -3.64. The highest BCUT2D eigenvalue weighted by Gasteiger charge is 2.20. The van der Waals surface area contributed by atoms with E-state index in [9.17, 15) is 8.42 Å². The molecule has 80 valence electrons. The van der Waals surface area contributed by atoms with Crippen LogP contribution in [0.3, 0.4) is 0 Å².